The van der Waals surface area contributed by atoms with Gasteiger partial charge in [-0.15, -0.1) is 0 Å². The van der Waals surface area contributed by atoms with E-state index in [1.807, 2.05) is 0 Å². The average molecular weight is 236 g/mol. The average Bonchev–Trinajstić information content (AvgIpc) is 2.63. The van der Waals surface area contributed by atoms with Crippen LogP contribution in [0.25, 0.3) is 0 Å². The number of rotatable bonds is 4. The van der Waals surface area contributed by atoms with Crippen molar-refractivity contribution >= 4 is 11.9 Å². The molecule has 1 aliphatic carbocycles. The second-order valence-corrected chi connectivity index (χ2v) is 5.05. The van der Waals surface area contributed by atoms with Gasteiger partial charge in [-0.2, -0.15) is 0 Å². The molecule has 0 spiro atoms. The van der Waals surface area contributed by atoms with Crippen molar-refractivity contribution in [1.29, 1.82) is 0 Å². The third-order valence-corrected chi connectivity index (χ3v) is 4.02. The Morgan fingerprint density at radius 1 is 1.06 bits per heavy atom. The summed E-state index contributed by atoms with van der Waals surface area (Å²) in [6, 6.07) is 0. The van der Waals surface area contributed by atoms with Crippen molar-refractivity contribution in [3.63, 3.8) is 0 Å². The summed E-state index contributed by atoms with van der Waals surface area (Å²) in [6.45, 7) is 4.19. The molecule has 0 aromatic heterocycles. The minimum atomic E-state index is -0.308. The third-order valence-electron chi connectivity index (χ3n) is 4.02. The van der Waals surface area contributed by atoms with Crippen LogP contribution >= 0.6 is 0 Å². The highest BCUT2D eigenvalue weighted by molar-refractivity contribution is 5.97. The first kappa shape index (κ1) is 12.3. The van der Waals surface area contributed by atoms with Crippen LogP contribution in [0.5, 0.6) is 0 Å². The first-order chi connectivity index (χ1) is 8.19. The number of allylic oxidation sites excluding steroid dienone is 2. The minimum absolute atomic E-state index is 0.178. The Balaban J connectivity index is 2.21. The number of carbonyl (C=O) groups excluding carboxylic acids is 2. The van der Waals surface area contributed by atoms with Gasteiger partial charge in [-0.25, -0.2) is 0 Å². The molecule has 94 valence electrons. The Hall–Kier alpha value is -1.12. The van der Waals surface area contributed by atoms with Crippen LogP contribution in [-0.4, -0.2) is 11.9 Å². The molecule has 4 atom stereocenters. The van der Waals surface area contributed by atoms with E-state index >= 15 is 0 Å². The van der Waals surface area contributed by atoms with E-state index in [1.54, 1.807) is 0 Å². The highest BCUT2D eigenvalue weighted by Gasteiger charge is 2.51. The van der Waals surface area contributed by atoms with E-state index in [-0.39, 0.29) is 35.6 Å². The zero-order chi connectivity index (χ0) is 12.4. The topological polar surface area (TPSA) is 43.4 Å². The van der Waals surface area contributed by atoms with Crippen molar-refractivity contribution < 1.29 is 14.3 Å². The van der Waals surface area contributed by atoms with Crippen LogP contribution in [-0.2, 0) is 14.3 Å². The zero-order valence-electron chi connectivity index (χ0n) is 10.5. The second kappa shape index (κ2) is 5.03. The van der Waals surface area contributed by atoms with Gasteiger partial charge in [0.25, 0.3) is 0 Å². The van der Waals surface area contributed by atoms with Gasteiger partial charge in [0.15, 0.2) is 0 Å². The summed E-state index contributed by atoms with van der Waals surface area (Å²) in [4.78, 5) is 23.5. The predicted octanol–water partition coefficient (Wildman–Crippen LogP) is 2.70. The number of ether oxygens (including phenoxy) is 1. The lowest BCUT2D eigenvalue weighted by molar-refractivity contribution is -0.154. The number of cyclic esters (lactones) is 2. The second-order valence-electron chi connectivity index (χ2n) is 5.05. The van der Waals surface area contributed by atoms with Crippen LogP contribution < -0.4 is 0 Å². The molecule has 0 saturated carbocycles. The molecule has 0 radical (unpaired) electrons. The summed E-state index contributed by atoms with van der Waals surface area (Å²) in [6.07, 6.45) is 8.32. The van der Waals surface area contributed by atoms with E-state index in [9.17, 15) is 9.59 Å². The Bertz CT molecular complexity index is 345. The first-order valence-corrected chi connectivity index (χ1v) is 6.62. The molecule has 1 fully saturated rings. The van der Waals surface area contributed by atoms with Crippen LogP contribution in [0.4, 0.5) is 0 Å². The van der Waals surface area contributed by atoms with Crippen LogP contribution in [0.3, 0.4) is 0 Å². The lowest BCUT2D eigenvalue weighted by atomic mass is 9.69. The molecule has 1 aliphatic heterocycles. The van der Waals surface area contributed by atoms with Crippen LogP contribution in [0.15, 0.2) is 12.2 Å². The van der Waals surface area contributed by atoms with E-state index < -0.39 is 0 Å². The molecule has 0 bridgehead atoms. The third kappa shape index (κ3) is 2.15. The van der Waals surface area contributed by atoms with E-state index in [4.69, 9.17) is 4.74 Å². The predicted molar refractivity (Wildman–Crippen MR) is 64.0 cm³/mol. The smallest absolute Gasteiger partial charge is 0.318 e. The van der Waals surface area contributed by atoms with E-state index in [0.717, 1.165) is 25.7 Å². The Morgan fingerprint density at radius 2 is 1.65 bits per heavy atom. The van der Waals surface area contributed by atoms with Crippen molar-refractivity contribution in [1.82, 2.24) is 0 Å². The largest absolute Gasteiger partial charge is 0.393 e. The Labute approximate surface area is 102 Å². The fourth-order valence-electron chi connectivity index (χ4n) is 3.04. The van der Waals surface area contributed by atoms with Crippen LogP contribution in [0.2, 0.25) is 0 Å². The molecule has 0 N–H and O–H groups in total. The Kier molecular flexibility index (Phi) is 3.65. The van der Waals surface area contributed by atoms with Crippen molar-refractivity contribution in [2.45, 2.75) is 39.5 Å². The van der Waals surface area contributed by atoms with Crippen LogP contribution in [0.1, 0.15) is 39.5 Å². The molecule has 0 amide bonds. The number of unbranched alkanes of at least 4 members (excludes halogenated alkanes) is 1. The maximum Gasteiger partial charge on any atom is 0.318 e. The van der Waals surface area contributed by atoms with E-state index in [0.29, 0.717) is 0 Å². The summed E-state index contributed by atoms with van der Waals surface area (Å²) in [5.74, 6) is -0.677. The van der Waals surface area contributed by atoms with E-state index in [1.165, 1.54) is 0 Å². The fourth-order valence-corrected chi connectivity index (χ4v) is 3.04. The standard InChI is InChI=1S/C14H20O3/c1-3-5-6-10-8-7-9(4-2)11-12(10)14(16)17-13(11)15/h7-12H,3-6H2,1-2H3. The van der Waals surface area contributed by atoms with Gasteiger partial charge in [-0.05, 0) is 24.7 Å². The lowest BCUT2D eigenvalue weighted by Gasteiger charge is -2.30. The van der Waals surface area contributed by atoms with Crippen molar-refractivity contribution in [3.8, 4) is 0 Å². The number of fused-ring (bicyclic) bond motifs is 1. The van der Waals surface area contributed by atoms with Gasteiger partial charge in [0.1, 0.15) is 0 Å². The van der Waals surface area contributed by atoms with Crippen molar-refractivity contribution in [3.05, 3.63) is 12.2 Å². The maximum absolute atomic E-state index is 11.8. The molecule has 3 nitrogen and oxygen atoms in total. The van der Waals surface area contributed by atoms with Gasteiger partial charge in [0, 0.05) is 0 Å². The number of carbonyl (C=O) groups is 2. The maximum atomic E-state index is 11.8. The van der Waals surface area contributed by atoms with Crippen molar-refractivity contribution in [2.24, 2.45) is 23.7 Å². The summed E-state index contributed by atoms with van der Waals surface area (Å²) < 4.78 is 4.83. The molecule has 2 aliphatic rings. The summed E-state index contributed by atoms with van der Waals surface area (Å²) >= 11 is 0. The molecule has 2 rings (SSSR count). The SMILES string of the molecule is CCCCC1C=CC(CC)C2C(=O)OC(=O)C12. The fraction of sp³-hybridized carbons (Fsp3) is 0.714. The van der Waals surface area contributed by atoms with Gasteiger partial charge in [0.05, 0.1) is 11.8 Å². The minimum Gasteiger partial charge on any atom is -0.393 e. The summed E-state index contributed by atoms with van der Waals surface area (Å²) in [7, 11) is 0. The highest BCUT2D eigenvalue weighted by Crippen LogP contribution is 2.43. The summed E-state index contributed by atoms with van der Waals surface area (Å²) in [5.41, 5.74) is 0. The van der Waals surface area contributed by atoms with Gasteiger partial charge >= 0.3 is 11.9 Å². The van der Waals surface area contributed by atoms with Crippen LogP contribution in [0, 0.1) is 23.7 Å². The molecular formula is C14H20O3. The summed E-state index contributed by atoms with van der Waals surface area (Å²) in [5, 5.41) is 0. The molecule has 0 aromatic rings. The van der Waals surface area contributed by atoms with Gasteiger partial charge in [-0.3, -0.25) is 9.59 Å². The first-order valence-electron chi connectivity index (χ1n) is 6.62. The van der Waals surface area contributed by atoms with Gasteiger partial charge in [0.2, 0.25) is 0 Å². The molecular weight excluding hydrogens is 216 g/mol. The normalized spacial score (nSPS) is 35.9. The number of hydrogen-bond acceptors (Lipinski definition) is 3. The Morgan fingerprint density at radius 3 is 2.24 bits per heavy atom. The van der Waals surface area contributed by atoms with Gasteiger partial charge < -0.3 is 4.74 Å². The number of hydrogen-bond donors (Lipinski definition) is 0. The highest BCUT2D eigenvalue weighted by atomic mass is 16.6. The molecule has 4 unspecified atom stereocenters. The van der Waals surface area contributed by atoms with Crippen molar-refractivity contribution in [2.75, 3.05) is 0 Å². The molecule has 17 heavy (non-hydrogen) atoms. The van der Waals surface area contributed by atoms with E-state index in [2.05, 4.69) is 26.0 Å². The molecule has 1 saturated heterocycles. The van der Waals surface area contributed by atoms with Gasteiger partial charge in [-0.1, -0.05) is 38.8 Å². The molecule has 3 heteroatoms. The zero-order valence-corrected chi connectivity index (χ0v) is 10.5. The lowest BCUT2D eigenvalue weighted by Crippen LogP contribution is -2.33. The number of esters is 2. The quantitative estimate of drug-likeness (QED) is 0.428. The molecule has 1 heterocycles. The monoisotopic (exact) mass is 236 g/mol. The molecule has 0 aromatic carbocycles.